The molecule has 13 nitrogen and oxygen atoms in total. The molecule has 0 fully saturated rings. The van der Waals surface area contributed by atoms with Crippen molar-refractivity contribution < 1.29 is 22.6 Å². The molecule has 0 aromatic carbocycles. The topological polar surface area (TPSA) is 156 Å². The van der Waals surface area contributed by atoms with Gasteiger partial charge in [0.1, 0.15) is 12.9 Å². The van der Waals surface area contributed by atoms with Gasteiger partial charge in [-0.3, -0.25) is 19.3 Å². The number of nitrogens with zero attached hydrogens (tertiary/aromatic N) is 7. The Balaban J connectivity index is 2.04. The second kappa shape index (κ2) is 10.0. The molecule has 0 saturated heterocycles. The van der Waals surface area contributed by atoms with Crippen LogP contribution in [0.3, 0.4) is 0 Å². The lowest BCUT2D eigenvalue weighted by Gasteiger charge is -2.21. The molecule has 0 aliphatic carbocycles. The standard InChI is InChI=1S/C19H26N8O5S/c1-11-7-21-14(8-20-11)12(2)13(3)33(28,29)26-19-25-24-15(9-30-4)27(19)16-17(31-5)22-10-23-18(16)32-6/h7-8,10,12-13H,9H2,1-6H3,(H,25,26)/t12-,13-/m0/s1. The number of aryl methyl sites for hydroxylation is 1. The van der Waals surface area contributed by atoms with Crippen molar-refractivity contribution in [3.8, 4) is 17.4 Å². The predicted octanol–water partition coefficient (Wildman–Crippen LogP) is 1.25. The average Bonchev–Trinajstić information content (AvgIpc) is 3.18. The number of methoxy groups -OCH3 is 3. The third-order valence-corrected chi connectivity index (χ3v) is 6.92. The van der Waals surface area contributed by atoms with Crippen LogP contribution in [0.15, 0.2) is 18.7 Å². The van der Waals surface area contributed by atoms with Gasteiger partial charge in [-0.05, 0) is 13.8 Å². The van der Waals surface area contributed by atoms with Crippen LogP contribution >= 0.6 is 0 Å². The highest BCUT2D eigenvalue weighted by Gasteiger charge is 2.32. The minimum Gasteiger partial charge on any atom is -0.479 e. The number of sulfonamides is 1. The van der Waals surface area contributed by atoms with Gasteiger partial charge < -0.3 is 14.2 Å². The van der Waals surface area contributed by atoms with E-state index in [0.717, 1.165) is 5.69 Å². The van der Waals surface area contributed by atoms with E-state index in [9.17, 15) is 8.42 Å². The Morgan fingerprint density at radius 2 is 1.67 bits per heavy atom. The summed E-state index contributed by atoms with van der Waals surface area (Å²) >= 11 is 0. The van der Waals surface area contributed by atoms with Crippen LogP contribution in [0, 0.1) is 6.92 Å². The Kier molecular flexibility index (Phi) is 7.38. The van der Waals surface area contributed by atoms with Crippen molar-refractivity contribution in [2.24, 2.45) is 0 Å². The van der Waals surface area contributed by atoms with Crippen molar-refractivity contribution in [3.63, 3.8) is 0 Å². The van der Waals surface area contributed by atoms with Gasteiger partial charge in [-0.15, -0.1) is 10.2 Å². The molecule has 33 heavy (non-hydrogen) atoms. The molecule has 3 aromatic heterocycles. The zero-order valence-electron chi connectivity index (χ0n) is 19.2. The van der Waals surface area contributed by atoms with E-state index in [2.05, 4.69) is 34.9 Å². The van der Waals surface area contributed by atoms with Crippen molar-refractivity contribution in [1.29, 1.82) is 0 Å². The van der Waals surface area contributed by atoms with Crippen LogP contribution in [0.25, 0.3) is 5.69 Å². The van der Waals surface area contributed by atoms with Gasteiger partial charge in [0.2, 0.25) is 27.7 Å². The number of nitrogens with one attached hydrogen (secondary N) is 1. The molecule has 178 valence electrons. The lowest BCUT2D eigenvalue weighted by molar-refractivity contribution is 0.176. The fraction of sp³-hybridized carbons (Fsp3) is 0.474. The van der Waals surface area contributed by atoms with Crippen molar-refractivity contribution in [1.82, 2.24) is 34.7 Å². The van der Waals surface area contributed by atoms with Crippen LogP contribution in [0.2, 0.25) is 0 Å². The van der Waals surface area contributed by atoms with Crippen molar-refractivity contribution in [2.75, 3.05) is 26.1 Å². The number of hydrogen-bond donors (Lipinski definition) is 1. The van der Waals surface area contributed by atoms with Crippen LogP contribution in [0.1, 0.15) is 37.0 Å². The van der Waals surface area contributed by atoms with Crippen LogP contribution in [0.4, 0.5) is 5.95 Å². The minimum absolute atomic E-state index is 0.0286. The van der Waals surface area contributed by atoms with Gasteiger partial charge >= 0.3 is 0 Å². The maximum Gasteiger partial charge on any atom is 0.245 e. The van der Waals surface area contributed by atoms with Gasteiger partial charge in [0.05, 0.1) is 30.9 Å². The number of anilines is 1. The SMILES string of the molecule is COCc1nnc(NS(=O)(=O)[C@@H](C)[C@H](C)c2cnc(C)cn2)n1-c1c(OC)ncnc1OC. The summed E-state index contributed by atoms with van der Waals surface area (Å²) in [4.78, 5) is 16.7. The Bertz CT molecular complexity index is 1180. The maximum atomic E-state index is 13.3. The highest BCUT2D eigenvalue weighted by atomic mass is 32.2. The molecule has 3 heterocycles. The molecule has 0 unspecified atom stereocenters. The average molecular weight is 479 g/mol. The fourth-order valence-electron chi connectivity index (χ4n) is 3.04. The molecular formula is C19H26N8O5S. The molecule has 0 aliphatic rings. The summed E-state index contributed by atoms with van der Waals surface area (Å²) in [7, 11) is 0.368. The second-order valence-corrected chi connectivity index (χ2v) is 9.21. The van der Waals surface area contributed by atoms with Gasteiger partial charge in [0.25, 0.3) is 0 Å². The first-order chi connectivity index (χ1) is 15.7. The summed E-state index contributed by atoms with van der Waals surface area (Å²) in [5.41, 5.74) is 1.52. The lowest BCUT2D eigenvalue weighted by Crippen LogP contribution is -2.31. The largest absolute Gasteiger partial charge is 0.479 e. The summed E-state index contributed by atoms with van der Waals surface area (Å²) in [6.45, 7) is 5.18. The third kappa shape index (κ3) is 5.01. The Hall–Kier alpha value is -3.39. The van der Waals surface area contributed by atoms with Gasteiger partial charge in [0, 0.05) is 25.4 Å². The molecule has 14 heteroatoms. The van der Waals surface area contributed by atoms with Gasteiger partial charge in [-0.25, -0.2) is 8.42 Å². The second-order valence-electron chi connectivity index (χ2n) is 7.17. The first-order valence-electron chi connectivity index (χ1n) is 9.90. The molecule has 3 rings (SSSR count). The molecule has 0 spiro atoms. The number of ether oxygens (including phenoxy) is 3. The van der Waals surface area contributed by atoms with E-state index in [1.807, 2.05) is 6.92 Å². The summed E-state index contributed by atoms with van der Waals surface area (Å²) in [5, 5.41) is 7.21. The monoisotopic (exact) mass is 478 g/mol. The van der Waals surface area contributed by atoms with Gasteiger partial charge in [-0.2, -0.15) is 9.97 Å². The summed E-state index contributed by atoms with van der Waals surface area (Å²) in [6.07, 6.45) is 4.43. The van der Waals surface area contributed by atoms with Crippen LogP contribution in [-0.4, -0.2) is 69.7 Å². The van der Waals surface area contributed by atoms with E-state index >= 15 is 0 Å². The van der Waals surface area contributed by atoms with E-state index in [4.69, 9.17) is 14.2 Å². The van der Waals surface area contributed by atoms with Crippen molar-refractivity contribution in [2.45, 2.75) is 38.5 Å². The van der Waals surface area contributed by atoms with Crippen LogP contribution < -0.4 is 14.2 Å². The number of rotatable bonds is 10. The predicted molar refractivity (Wildman–Crippen MR) is 118 cm³/mol. The van der Waals surface area contributed by atoms with Crippen molar-refractivity contribution >= 4 is 16.0 Å². The van der Waals surface area contributed by atoms with E-state index in [0.29, 0.717) is 5.69 Å². The molecule has 0 bridgehead atoms. The summed E-state index contributed by atoms with van der Waals surface area (Å²) < 4.78 is 46.3. The Morgan fingerprint density at radius 1 is 1.00 bits per heavy atom. The Labute approximate surface area is 191 Å². The molecule has 1 N–H and O–H groups in total. The van der Waals surface area contributed by atoms with E-state index in [1.54, 1.807) is 26.2 Å². The van der Waals surface area contributed by atoms with Gasteiger partial charge in [-0.1, -0.05) is 6.92 Å². The van der Waals surface area contributed by atoms with Gasteiger partial charge in [0.15, 0.2) is 11.5 Å². The van der Waals surface area contributed by atoms with E-state index in [1.165, 1.54) is 32.2 Å². The normalized spacial score (nSPS) is 13.4. The first kappa shape index (κ1) is 24.3. The Morgan fingerprint density at radius 3 is 2.21 bits per heavy atom. The highest BCUT2D eigenvalue weighted by Crippen LogP contribution is 2.33. The highest BCUT2D eigenvalue weighted by molar-refractivity contribution is 7.93. The zero-order chi connectivity index (χ0) is 24.2. The van der Waals surface area contributed by atoms with Crippen molar-refractivity contribution in [3.05, 3.63) is 35.9 Å². The maximum absolute atomic E-state index is 13.3. The molecule has 0 saturated carbocycles. The quantitative estimate of drug-likeness (QED) is 0.447. The van der Waals surface area contributed by atoms with E-state index < -0.39 is 21.2 Å². The van der Waals surface area contributed by atoms with Crippen LogP contribution in [0.5, 0.6) is 11.8 Å². The molecule has 2 atom stereocenters. The summed E-state index contributed by atoms with van der Waals surface area (Å²) in [5.74, 6) is 0.00957. The fourth-order valence-corrected chi connectivity index (χ4v) is 4.29. The number of aromatic nitrogens is 7. The summed E-state index contributed by atoms with van der Waals surface area (Å²) in [6, 6.07) is 0. The molecule has 0 amide bonds. The minimum atomic E-state index is -3.95. The van der Waals surface area contributed by atoms with E-state index in [-0.39, 0.29) is 35.8 Å². The number of hydrogen-bond acceptors (Lipinski definition) is 11. The van der Waals surface area contributed by atoms with Crippen LogP contribution in [-0.2, 0) is 21.4 Å². The molecule has 0 aliphatic heterocycles. The smallest absolute Gasteiger partial charge is 0.245 e. The third-order valence-electron chi connectivity index (χ3n) is 5.06. The molecule has 0 radical (unpaired) electrons. The molecule has 3 aromatic rings. The lowest BCUT2D eigenvalue weighted by atomic mass is 10.1. The zero-order valence-corrected chi connectivity index (χ0v) is 20.0. The first-order valence-corrected chi connectivity index (χ1v) is 11.4. The molecular weight excluding hydrogens is 452 g/mol.